The minimum Gasteiger partial charge on any atom is -0.458 e. The second-order valence-corrected chi connectivity index (χ2v) is 5.44. The Morgan fingerprint density at radius 2 is 2.05 bits per heavy atom. The highest BCUT2D eigenvalue weighted by Gasteiger charge is 2.24. The van der Waals surface area contributed by atoms with Gasteiger partial charge >= 0.3 is 0 Å². The molecule has 0 bridgehead atoms. The summed E-state index contributed by atoms with van der Waals surface area (Å²) in [6, 6.07) is 7.06. The first-order valence-electron chi connectivity index (χ1n) is 6.03. The first-order chi connectivity index (χ1) is 9.47. The SMILES string of the molecule is Cc1nn(C)c(Cl)c1C(O)c1cc2cc(Cl)ccc2o1. The third kappa shape index (κ3) is 2.10. The molecule has 4 nitrogen and oxygen atoms in total. The molecule has 1 atom stereocenters. The van der Waals surface area contributed by atoms with Crippen molar-refractivity contribution in [3.8, 4) is 0 Å². The Balaban J connectivity index is 2.10. The molecule has 0 saturated carbocycles. The van der Waals surface area contributed by atoms with Crippen LogP contribution in [0.25, 0.3) is 11.0 Å². The highest BCUT2D eigenvalue weighted by molar-refractivity contribution is 6.31. The van der Waals surface area contributed by atoms with E-state index in [2.05, 4.69) is 5.10 Å². The molecule has 1 aromatic carbocycles. The standard InChI is InChI=1S/C14H12Cl2N2O2/c1-7-12(14(16)18(2)17-7)13(19)11-6-8-5-9(15)3-4-10(8)20-11/h3-6,13,19H,1-2H3. The number of aliphatic hydroxyl groups excluding tert-OH is 1. The van der Waals surface area contributed by atoms with E-state index in [1.54, 1.807) is 38.2 Å². The maximum atomic E-state index is 10.5. The van der Waals surface area contributed by atoms with Gasteiger partial charge in [0.25, 0.3) is 0 Å². The number of aryl methyl sites for hydroxylation is 2. The summed E-state index contributed by atoms with van der Waals surface area (Å²) in [6.45, 7) is 1.80. The van der Waals surface area contributed by atoms with E-state index in [4.69, 9.17) is 27.6 Å². The number of nitrogens with zero attached hydrogens (tertiary/aromatic N) is 2. The molecule has 2 aromatic heterocycles. The average molecular weight is 311 g/mol. The first-order valence-corrected chi connectivity index (χ1v) is 6.79. The van der Waals surface area contributed by atoms with Crippen molar-refractivity contribution in [2.75, 3.05) is 0 Å². The van der Waals surface area contributed by atoms with Crippen LogP contribution >= 0.6 is 23.2 Å². The molecule has 20 heavy (non-hydrogen) atoms. The lowest BCUT2D eigenvalue weighted by Crippen LogP contribution is -1.99. The number of hydrogen-bond donors (Lipinski definition) is 1. The zero-order chi connectivity index (χ0) is 14.4. The third-order valence-electron chi connectivity index (χ3n) is 3.24. The van der Waals surface area contributed by atoms with Crippen molar-refractivity contribution < 1.29 is 9.52 Å². The van der Waals surface area contributed by atoms with Gasteiger partial charge in [0.15, 0.2) is 0 Å². The van der Waals surface area contributed by atoms with Crippen LogP contribution < -0.4 is 0 Å². The number of furan rings is 1. The molecule has 0 amide bonds. The summed E-state index contributed by atoms with van der Waals surface area (Å²) in [6.07, 6.45) is -0.956. The molecule has 1 unspecified atom stereocenters. The van der Waals surface area contributed by atoms with Gasteiger partial charge in [0.2, 0.25) is 0 Å². The lowest BCUT2D eigenvalue weighted by Gasteiger charge is -2.07. The molecule has 0 radical (unpaired) electrons. The van der Waals surface area contributed by atoms with Gasteiger partial charge in [-0.1, -0.05) is 23.2 Å². The van der Waals surface area contributed by atoms with E-state index in [0.29, 0.717) is 32.8 Å². The molecule has 2 heterocycles. The summed E-state index contributed by atoms with van der Waals surface area (Å²) in [5.41, 5.74) is 1.89. The monoisotopic (exact) mass is 310 g/mol. The van der Waals surface area contributed by atoms with Gasteiger partial charge < -0.3 is 9.52 Å². The highest BCUT2D eigenvalue weighted by atomic mass is 35.5. The number of fused-ring (bicyclic) bond motifs is 1. The second kappa shape index (κ2) is 4.81. The van der Waals surface area contributed by atoms with Gasteiger partial charge in [0.1, 0.15) is 22.6 Å². The van der Waals surface area contributed by atoms with Crippen LogP contribution in [-0.4, -0.2) is 14.9 Å². The normalized spacial score (nSPS) is 13.1. The molecule has 0 fully saturated rings. The fourth-order valence-corrected chi connectivity index (χ4v) is 2.73. The number of aromatic nitrogens is 2. The van der Waals surface area contributed by atoms with E-state index in [1.165, 1.54) is 4.68 Å². The Morgan fingerprint density at radius 1 is 1.30 bits per heavy atom. The molecule has 0 saturated heterocycles. The van der Waals surface area contributed by atoms with Crippen LogP contribution in [0.1, 0.15) is 23.1 Å². The van der Waals surface area contributed by atoms with E-state index >= 15 is 0 Å². The zero-order valence-corrected chi connectivity index (χ0v) is 12.4. The van der Waals surface area contributed by atoms with Crippen LogP contribution in [0.5, 0.6) is 0 Å². The minimum absolute atomic E-state index is 0.397. The Bertz CT molecular complexity index is 792. The van der Waals surface area contributed by atoms with Crippen LogP contribution in [0.15, 0.2) is 28.7 Å². The number of benzene rings is 1. The first kappa shape index (κ1) is 13.5. The molecule has 0 aliphatic rings. The fourth-order valence-electron chi connectivity index (χ4n) is 2.27. The largest absolute Gasteiger partial charge is 0.458 e. The van der Waals surface area contributed by atoms with Crippen molar-refractivity contribution in [2.24, 2.45) is 7.05 Å². The molecular formula is C14H12Cl2N2O2. The van der Waals surface area contributed by atoms with Crippen LogP contribution in [0.4, 0.5) is 0 Å². The molecule has 104 valence electrons. The van der Waals surface area contributed by atoms with Gasteiger partial charge in [-0.15, -0.1) is 0 Å². The Morgan fingerprint density at radius 3 is 2.70 bits per heavy atom. The highest BCUT2D eigenvalue weighted by Crippen LogP contribution is 2.34. The summed E-state index contributed by atoms with van der Waals surface area (Å²) < 4.78 is 7.18. The van der Waals surface area contributed by atoms with Crippen LogP contribution in [0, 0.1) is 6.92 Å². The molecule has 3 rings (SSSR count). The maximum absolute atomic E-state index is 10.5. The van der Waals surface area contributed by atoms with Crippen molar-refractivity contribution in [1.82, 2.24) is 9.78 Å². The summed E-state index contributed by atoms with van der Waals surface area (Å²) >= 11 is 12.1. The van der Waals surface area contributed by atoms with Gasteiger partial charge in [-0.25, -0.2) is 0 Å². The minimum atomic E-state index is -0.956. The molecule has 3 aromatic rings. The second-order valence-electron chi connectivity index (χ2n) is 4.65. The molecular weight excluding hydrogens is 299 g/mol. The van der Waals surface area contributed by atoms with Gasteiger partial charge in [-0.2, -0.15) is 5.10 Å². The van der Waals surface area contributed by atoms with Crippen molar-refractivity contribution in [2.45, 2.75) is 13.0 Å². The van der Waals surface area contributed by atoms with E-state index < -0.39 is 6.10 Å². The van der Waals surface area contributed by atoms with Crippen LogP contribution in [0.3, 0.4) is 0 Å². The topological polar surface area (TPSA) is 51.2 Å². The molecule has 0 aliphatic carbocycles. The lowest BCUT2D eigenvalue weighted by molar-refractivity contribution is 0.191. The third-order valence-corrected chi connectivity index (χ3v) is 3.92. The van der Waals surface area contributed by atoms with Crippen molar-refractivity contribution in [3.63, 3.8) is 0 Å². The molecule has 6 heteroatoms. The average Bonchev–Trinajstić information content (AvgIpc) is 2.91. The lowest BCUT2D eigenvalue weighted by atomic mass is 10.1. The predicted molar refractivity (Wildman–Crippen MR) is 78.2 cm³/mol. The van der Waals surface area contributed by atoms with Gasteiger partial charge in [0.05, 0.1) is 5.69 Å². The quantitative estimate of drug-likeness (QED) is 0.782. The molecule has 0 aliphatic heterocycles. The fraction of sp³-hybridized carbons (Fsp3) is 0.214. The van der Waals surface area contributed by atoms with E-state index in [-0.39, 0.29) is 0 Å². The number of aliphatic hydroxyl groups is 1. The molecule has 1 N–H and O–H groups in total. The van der Waals surface area contributed by atoms with E-state index in [0.717, 1.165) is 5.39 Å². The van der Waals surface area contributed by atoms with Crippen molar-refractivity contribution in [3.05, 3.63) is 51.5 Å². The molecule has 0 spiro atoms. The Kier molecular flexibility index (Phi) is 3.24. The van der Waals surface area contributed by atoms with Gasteiger partial charge in [-0.05, 0) is 31.2 Å². The van der Waals surface area contributed by atoms with E-state index in [1.807, 2.05) is 0 Å². The van der Waals surface area contributed by atoms with Gasteiger partial charge in [0, 0.05) is 23.0 Å². The predicted octanol–water partition coefficient (Wildman–Crippen LogP) is 3.86. The van der Waals surface area contributed by atoms with Crippen molar-refractivity contribution in [1.29, 1.82) is 0 Å². The summed E-state index contributed by atoms with van der Waals surface area (Å²) in [7, 11) is 1.73. The number of rotatable bonds is 2. The number of hydrogen-bond acceptors (Lipinski definition) is 3. The smallest absolute Gasteiger partial charge is 0.141 e. The van der Waals surface area contributed by atoms with E-state index in [9.17, 15) is 5.11 Å². The number of halogens is 2. The van der Waals surface area contributed by atoms with Gasteiger partial charge in [-0.3, -0.25) is 4.68 Å². The van der Waals surface area contributed by atoms with Crippen LogP contribution in [-0.2, 0) is 7.05 Å². The summed E-state index contributed by atoms with van der Waals surface area (Å²) in [5.74, 6) is 0.417. The van der Waals surface area contributed by atoms with Crippen molar-refractivity contribution >= 4 is 34.2 Å². The Labute approximate surface area is 125 Å². The Hall–Kier alpha value is -1.49. The zero-order valence-electron chi connectivity index (χ0n) is 10.9. The van der Waals surface area contributed by atoms with Crippen LogP contribution in [0.2, 0.25) is 10.2 Å². The summed E-state index contributed by atoms with van der Waals surface area (Å²) in [5, 5.41) is 16.5. The summed E-state index contributed by atoms with van der Waals surface area (Å²) in [4.78, 5) is 0. The maximum Gasteiger partial charge on any atom is 0.141 e.